The van der Waals surface area contributed by atoms with Crippen molar-refractivity contribution < 1.29 is 9.32 Å². The van der Waals surface area contributed by atoms with Crippen LogP contribution in [0.25, 0.3) is 23.1 Å². The Bertz CT molecular complexity index is 1190. The van der Waals surface area contributed by atoms with Crippen LogP contribution < -0.4 is 4.90 Å². The number of amides is 1. The predicted molar refractivity (Wildman–Crippen MR) is 120 cm³/mol. The second kappa shape index (κ2) is 9.13. The van der Waals surface area contributed by atoms with Gasteiger partial charge in [-0.05, 0) is 36.9 Å². The lowest BCUT2D eigenvalue weighted by Crippen LogP contribution is -2.32. The molecule has 0 saturated carbocycles. The van der Waals surface area contributed by atoms with Gasteiger partial charge in [-0.2, -0.15) is 4.98 Å². The zero-order valence-corrected chi connectivity index (χ0v) is 18.3. The van der Waals surface area contributed by atoms with Gasteiger partial charge >= 0.3 is 0 Å². The van der Waals surface area contributed by atoms with Gasteiger partial charge in [0.25, 0.3) is 11.8 Å². The van der Waals surface area contributed by atoms with E-state index in [1.807, 2.05) is 37.3 Å². The third-order valence-electron chi connectivity index (χ3n) is 4.77. The predicted octanol–water partition coefficient (Wildman–Crippen LogP) is 4.31. The van der Waals surface area contributed by atoms with Crippen LogP contribution in [0.5, 0.6) is 0 Å². The number of rotatable bonds is 7. The molecule has 0 unspecified atom stereocenters. The van der Waals surface area contributed by atoms with Crippen molar-refractivity contribution in [3.05, 3.63) is 60.7 Å². The van der Waals surface area contributed by atoms with Gasteiger partial charge in [0.2, 0.25) is 5.82 Å². The Labute approximate surface area is 184 Å². The first-order valence-corrected chi connectivity index (χ1v) is 10.9. The van der Waals surface area contributed by atoms with Gasteiger partial charge < -0.3 is 14.0 Å². The average Bonchev–Trinajstić information content (AvgIpc) is 3.42. The van der Waals surface area contributed by atoms with E-state index in [0.29, 0.717) is 29.8 Å². The van der Waals surface area contributed by atoms with Crippen molar-refractivity contribution in [2.45, 2.75) is 18.7 Å². The molecule has 4 rings (SSSR count). The Balaban J connectivity index is 1.65. The van der Waals surface area contributed by atoms with Crippen LogP contribution in [0.2, 0.25) is 0 Å². The Morgan fingerprint density at radius 2 is 2.00 bits per heavy atom. The average molecular weight is 435 g/mol. The number of carbonyl (C=O) groups excluding carboxylic acids is 1. The van der Waals surface area contributed by atoms with Crippen molar-refractivity contribution in [2.24, 2.45) is 7.05 Å². The minimum atomic E-state index is -0.176. The normalized spacial score (nSPS) is 10.9. The summed E-state index contributed by atoms with van der Waals surface area (Å²) in [5, 5.41) is 4.11. The first-order valence-electron chi connectivity index (χ1n) is 9.93. The highest BCUT2D eigenvalue weighted by atomic mass is 32.2. The van der Waals surface area contributed by atoms with Crippen LogP contribution in [-0.4, -0.2) is 42.9 Å². The van der Waals surface area contributed by atoms with Gasteiger partial charge in [-0.1, -0.05) is 24.2 Å². The Morgan fingerprint density at radius 3 is 2.74 bits per heavy atom. The van der Waals surface area contributed by atoms with E-state index < -0.39 is 0 Å². The number of hydrogen-bond donors (Lipinski definition) is 0. The zero-order chi connectivity index (χ0) is 21.8. The number of aromatic nitrogens is 5. The lowest BCUT2D eigenvalue weighted by molar-refractivity contribution is 0.0980. The fraction of sp³-hybridized carbons (Fsp3) is 0.227. The number of hydrogen-bond acceptors (Lipinski definition) is 7. The SMILES string of the molecule is CCSc1ccccc1-c1nc(-c2ncc(C(=O)N(CC)c3cccnc3)n2C)no1. The summed E-state index contributed by atoms with van der Waals surface area (Å²) in [7, 11) is 1.77. The van der Waals surface area contributed by atoms with E-state index in [1.54, 1.807) is 46.7 Å². The molecule has 0 spiro atoms. The second-order valence-corrected chi connectivity index (χ2v) is 7.94. The molecule has 8 nitrogen and oxygen atoms in total. The van der Waals surface area contributed by atoms with Crippen LogP contribution in [0.15, 0.2) is 64.4 Å². The largest absolute Gasteiger partial charge is 0.333 e. The molecule has 4 aromatic rings. The van der Waals surface area contributed by atoms with Gasteiger partial charge in [0, 0.05) is 24.7 Å². The minimum Gasteiger partial charge on any atom is -0.333 e. The number of imidazole rings is 1. The van der Waals surface area contributed by atoms with Crippen molar-refractivity contribution in [2.75, 3.05) is 17.2 Å². The van der Waals surface area contributed by atoms with Crippen LogP contribution in [0.4, 0.5) is 5.69 Å². The molecule has 0 N–H and O–H groups in total. The number of anilines is 1. The number of benzene rings is 1. The molecule has 158 valence electrons. The standard InChI is InChI=1S/C22H22N6O2S/c1-4-28(15-9-8-12-23-13-15)22(29)17-14-24-20(27(17)3)19-25-21(30-26-19)16-10-6-7-11-18(16)31-5-2/h6-14H,4-5H2,1-3H3. The van der Waals surface area contributed by atoms with Gasteiger partial charge in [0.05, 0.1) is 23.6 Å². The van der Waals surface area contributed by atoms with Crippen molar-refractivity contribution in [1.82, 2.24) is 24.7 Å². The van der Waals surface area contributed by atoms with Crippen LogP contribution in [0.1, 0.15) is 24.3 Å². The first-order chi connectivity index (χ1) is 15.1. The number of pyridine rings is 1. The number of nitrogens with zero attached hydrogens (tertiary/aromatic N) is 6. The van der Waals surface area contributed by atoms with Gasteiger partial charge in [-0.3, -0.25) is 9.78 Å². The van der Waals surface area contributed by atoms with Crippen molar-refractivity contribution >= 4 is 23.4 Å². The second-order valence-electron chi connectivity index (χ2n) is 6.64. The molecule has 31 heavy (non-hydrogen) atoms. The monoisotopic (exact) mass is 434 g/mol. The van der Waals surface area contributed by atoms with Gasteiger partial charge in [0.15, 0.2) is 5.82 Å². The van der Waals surface area contributed by atoms with Crippen LogP contribution in [0, 0.1) is 0 Å². The summed E-state index contributed by atoms with van der Waals surface area (Å²) in [4.78, 5) is 28.9. The van der Waals surface area contributed by atoms with E-state index in [-0.39, 0.29) is 5.91 Å². The maximum absolute atomic E-state index is 13.2. The summed E-state index contributed by atoms with van der Waals surface area (Å²) >= 11 is 1.71. The van der Waals surface area contributed by atoms with Crippen molar-refractivity contribution in [1.29, 1.82) is 0 Å². The molecule has 0 aliphatic carbocycles. The third kappa shape index (κ3) is 4.09. The number of carbonyl (C=O) groups is 1. The molecule has 0 aliphatic rings. The van der Waals surface area contributed by atoms with Crippen LogP contribution in [-0.2, 0) is 7.05 Å². The maximum Gasteiger partial charge on any atom is 0.276 e. The molecule has 3 aromatic heterocycles. The molecule has 3 heterocycles. The smallest absolute Gasteiger partial charge is 0.276 e. The molecule has 1 aromatic carbocycles. The Hall–Kier alpha value is -3.46. The maximum atomic E-state index is 13.2. The summed E-state index contributed by atoms with van der Waals surface area (Å²) < 4.78 is 7.21. The van der Waals surface area contributed by atoms with E-state index in [1.165, 1.54) is 6.20 Å². The zero-order valence-electron chi connectivity index (χ0n) is 17.5. The van der Waals surface area contributed by atoms with E-state index in [2.05, 4.69) is 27.0 Å². The van der Waals surface area contributed by atoms with Gasteiger partial charge in [-0.25, -0.2) is 4.98 Å². The van der Waals surface area contributed by atoms with Crippen molar-refractivity contribution in [3.63, 3.8) is 0 Å². The molecule has 0 radical (unpaired) electrons. The molecule has 1 amide bonds. The minimum absolute atomic E-state index is 0.176. The van der Waals surface area contributed by atoms with E-state index in [0.717, 1.165) is 21.9 Å². The highest BCUT2D eigenvalue weighted by molar-refractivity contribution is 7.99. The molecule has 0 aliphatic heterocycles. The van der Waals surface area contributed by atoms with Gasteiger partial charge in [-0.15, -0.1) is 11.8 Å². The van der Waals surface area contributed by atoms with E-state index in [9.17, 15) is 4.79 Å². The van der Waals surface area contributed by atoms with Crippen LogP contribution in [0.3, 0.4) is 0 Å². The summed E-state index contributed by atoms with van der Waals surface area (Å²) in [5.74, 6) is 1.98. The summed E-state index contributed by atoms with van der Waals surface area (Å²) in [6.45, 7) is 4.51. The van der Waals surface area contributed by atoms with Gasteiger partial charge in [0.1, 0.15) is 5.69 Å². The summed E-state index contributed by atoms with van der Waals surface area (Å²) in [6.07, 6.45) is 4.87. The molecular formula is C22H22N6O2S. The molecule has 0 atom stereocenters. The molecule has 0 fully saturated rings. The fourth-order valence-corrected chi connectivity index (χ4v) is 4.06. The first kappa shape index (κ1) is 20.8. The van der Waals surface area contributed by atoms with Crippen LogP contribution >= 0.6 is 11.8 Å². The topological polar surface area (TPSA) is 89.9 Å². The quantitative estimate of drug-likeness (QED) is 0.400. The lowest BCUT2D eigenvalue weighted by atomic mass is 10.2. The molecule has 0 bridgehead atoms. The Kier molecular flexibility index (Phi) is 6.13. The third-order valence-corrected chi connectivity index (χ3v) is 5.73. The molecule has 9 heteroatoms. The van der Waals surface area contributed by atoms with E-state index in [4.69, 9.17) is 4.52 Å². The molecular weight excluding hydrogens is 412 g/mol. The molecule has 0 saturated heterocycles. The fourth-order valence-electron chi connectivity index (χ4n) is 3.26. The lowest BCUT2D eigenvalue weighted by Gasteiger charge is -2.20. The summed E-state index contributed by atoms with van der Waals surface area (Å²) in [6, 6.07) is 11.6. The van der Waals surface area contributed by atoms with E-state index >= 15 is 0 Å². The summed E-state index contributed by atoms with van der Waals surface area (Å²) in [5.41, 5.74) is 2.03. The van der Waals surface area contributed by atoms with Crippen molar-refractivity contribution in [3.8, 4) is 23.1 Å². The Morgan fingerprint density at radius 1 is 1.16 bits per heavy atom. The highest BCUT2D eigenvalue weighted by Crippen LogP contribution is 2.31. The highest BCUT2D eigenvalue weighted by Gasteiger charge is 2.24. The number of thioether (sulfide) groups is 1.